The maximum absolute atomic E-state index is 14.8. The summed E-state index contributed by atoms with van der Waals surface area (Å²) in [6.07, 6.45) is -5.74. The summed E-state index contributed by atoms with van der Waals surface area (Å²) in [6.45, 7) is 52.0. The molecule has 19 heteroatoms. The normalized spacial score (nSPS) is 24.5. The molecule has 0 aromatic heterocycles. The Morgan fingerprint density at radius 3 is 1.31 bits per heavy atom. The Bertz CT molecular complexity index is 1170. The van der Waals surface area contributed by atoms with Gasteiger partial charge in [-0.05, 0) is 157 Å². The minimum Gasteiger partial charge on any atom is -0.415 e. The van der Waals surface area contributed by atoms with Crippen LogP contribution in [-0.4, -0.2) is 141 Å². The van der Waals surface area contributed by atoms with Gasteiger partial charge in [0.2, 0.25) is 0 Å². The third kappa shape index (κ3) is 24.1. The molecule has 8 atom stereocenters. The molecule has 0 spiro atoms. The highest BCUT2D eigenvalue weighted by Gasteiger charge is 2.54. The van der Waals surface area contributed by atoms with E-state index in [1.807, 2.05) is 0 Å². The Labute approximate surface area is 346 Å². The second-order valence-corrected chi connectivity index (χ2v) is 58.7. The largest absolute Gasteiger partial charge is 0.415 e. The molecule has 1 fully saturated rings. The van der Waals surface area contributed by atoms with Crippen LogP contribution in [0.2, 0.25) is 157 Å². The van der Waals surface area contributed by atoms with Crippen LogP contribution in [0.25, 0.3) is 0 Å². The third-order valence-electron chi connectivity index (χ3n) is 7.33. The Morgan fingerprint density at radius 2 is 0.909 bits per heavy atom. The van der Waals surface area contributed by atoms with Gasteiger partial charge in [-0.25, -0.2) is 0 Å². The summed E-state index contributed by atoms with van der Waals surface area (Å²) in [5.74, 6) is -0.226. The number of carbonyl (C=O) groups is 1. The van der Waals surface area contributed by atoms with E-state index in [0.29, 0.717) is 6.61 Å². The fourth-order valence-electron chi connectivity index (χ4n) is 5.65. The smallest absolute Gasteiger partial charge is 0.188 e. The summed E-state index contributed by atoms with van der Waals surface area (Å²) < 4.78 is 68.8. The number of hydrogen-bond acceptors (Lipinski definition) is 11. The van der Waals surface area contributed by atoms with Crippen LogP contribution in [0.15, 0.2) is 0 Å². The van der Waals surface area contributed by atoms with Gasteiger partial charge in [0.15, 0.2) is 78.6 Å². The van der Waals surface area contributed by atoms with Gasteiger partial charge in [0.25, 0.3) is 0 Å². The summed E-state index contributed by atoms with van der Waals surface area (Å²) in [4.78, 5) is 14.8. The van der Waals surface area contributed by atoms with Gasteiger partial charge < -0.3 is 44.9 Å². The van der Waals surface area contributed by atoms with Crippen LogP contribution in [0.3, 0.4) is 0 Å². The second-order valence-electron chi connectivity index (χ2n) is 22.9. The standard InChI is InChI=1S/C36H86O11Si8/c1-48(2,3)38-25-28(37)31(33(45-53(16,17)18)30(43-51(10,11)12)27-40-50(7,8)9)42-36-35(47-55(22,23)24)34(46-54(19,20)21)32(44-52(13,14)15)29(41-36)26-39-49(4,5)6/h29-36H,25-27H2,1-24H3/t29-,30-,31-,32-,33-,34+,35-,36-/m1/s1. The summed E-state index contributed by atoms with van der Waals surface area (Å²) in [5, 5.41) is 0. The van der Waals surface area contributed by atoms with Gasteiger partial charge in [0, 0.05) is 0 Å². The number of hydrogen-bond donors (Lipinski definition) is 0. The lowest BCUT2D eigenvalue weighted by molar-refractivity contribution is -0.305. The molecule has 0 amide bonds. The second kappa shape index (κ2) is 20.3. The Balaban J connectivity index is 4.19. The molecule has 0 N–H and O–H groups in total. The van der Waals surface area contributed by atoms with Crippen molar-refractivity contribution in [3.8, 4) is 0 Å². The van der Waals surface area contributed by atoms with E-state index in [1.54, 1.807) is 0 Å². The van der Waals surface area contributed by atoms with Gasteiger partial charge in [-0.3, -0.25) is 4.79 Å². The molecule has 0 saturated carbocycles. The molecule has 11 nitrogen and oxygen atoms in total. The van der Waals surface area contributed by atoms with E-state index in [2.05, 4.69) is 157 Å². The Hall–Kier alpha value is 1.01. The predicted molar refractivity (Wildman–Crippen MR) is 248 cm³/mol. The molecule has 0 bridgehead atoms. The van der Waals surface area contributed by atoms with Crippen LogP contribution in [0.4, 0.5) is 0 Å². The number of Topliss-reactive ketones (excluding diaryl/α,β-unsaturated/α-hetero) is 1. The molecule has 1 saturated heterocycles. The van der Waals surface area contributed by atoms with Crippen molar-refractivity contribution in [3.05, 3.63) is 0 Å². The fraction of sp³-hybridized carbons (Fsp3) is 0.972. The minimum atomic E-state index is -2.34. The van der Waals surface area contributed by atoms with Gasteiger partial charge in [-0.15, -0.1) is 0 Å². The van der Waals surface area contributed by atoms with Crippen molar-refractivity contribution >= 4 is 72.3 Å². The monoisotopic (exact) mass is 918 g/mol. The fourth-order valence-corrected chi connectivity index (χ4v) is 13.0. The third-order valence-corrected chi connectivity index (χ3v) is 15.3. The zero-order valence-corrected chi connectivity index (χ0v) is 47.7. The number of ketones is 1. The summed E-state index contributed by atoms with van der Waals surface area (Å²) in [7, 11) is -17.3. The topological polar surface area (TPSA) is 109 Å². The average molecular weight is 920 g/mol. The maximum atomic E-state index is 14.8. The van der Waals surface area contributed by atoms with E-state index in [9.17, 15) is 4.79 Å². The lowest BCUT2D eigenvalue weighted by Crippen LogP contribution is -2.67. The Kier molecular flexibility index (Phi) is 19.9. The van der Waals surface area contributed by atoms with Crippen molar-refractivity contribution in [1.82, 2.24) is 0 Å². The quantitative estimate of drug-likeness (QED) is 0.0865. The van der Waals surface area contributed by atoms with Crippen LogP contribution in [-0.2, 0) is 49.7 Å². The van der Waals surface area contributed by atoms with Crippen molar-refractivity contribution < 1.29 is 49.7 Å². The van der Waals surface area contributed by atoms with Gasteiger partial charge in [0.05, 0.1) is 25.9 Å². The summed E-state index contributed by atoms with van der Waals surface area (Å²) >= 11 is 0. The van der Waals surface area contributed by atoms with Crippen LogP contribution in [0, 0.1) is 0 Å². The molecule has 0 radical (unpaired) electrons. The zero-order chi connectivity index (χ0) is 43.4. The minimum absolute atomic E-state index is 0.120. The maximum Gasteiger partial charge on any atom is 0.188 e. The molecule has 328 valence electrons. The van der Waals surface area contributed by atoms with Crippen molar-refractivity contribution in [2.45, 2.75) is 206 Å². The van der Waals surface area contributed by atoms with E-state index in [4.69, 9.17) is 44.9 Å². The first-order valence-corrected chi connectivity index (χ1v) is 47.5. The van der Waals surface area contributed by atoms with E-state index >= 15 is 0 Å². The first kappa shape index (κ1) is 54.0. The summed E-state index contributed by atoms with van der Waals surface area (Å²) in [5.41, 5.74) is 0. The van der Waals surface area contributed by atoms with Crippen molar-refractivity contribution in [1.29, 1.82) is 0 Å². The van der Waals surface area contributed by atoms with Crippen molar-refractivity contribution in [2.24, 2.45) is 0 Å². The molecular formula is C36H86O11Si8. The predicted octanol–water partition coefficient (Wildman–Crippen LogP) is 9.32. The number of carbonyl (C=O) groups excluding carboxylic acids is 1. The lowest BCUT2D eigenvalue weighted by Gasteiger charge is -2.51. The highest BCUT2D eigenvalue weighted by atomic mass is 28.4. The van der Waals surface area contributed by atoms with Crippen LogP contribution >= 0.6 is 0 Å². The van der Waals surface area contributed by atoms with Gasteiger partial charge >= 0.3 is 0 Å². The van der Waals surface area contributed by atoms with Crippen molar-refractivity contribution in [3.63, 3.8) is 0 Å². The highest BCUT2D eigenvalue weighted by molar-refractivity contribution is 6.72. The van der Waals surface area contributed by atoms with Gasteiger partial charge in [-0.1, -0.05) is 0 Å². The van der Waals surface area contributed by atoms with Gasteiger partial charge in [-0.2, -0.15) is 0 Å². The molecule has 0 aromatic rings. The SMILES string of the molecule is C[Si](C)(C)OCC(=O)[C@@H](O[C@H]1O[C@H](CO[Si](C)(C)C)[C@@H](O[Si](C)(C)C)[C@H](O[Si](C)(C)C)[C@H]1O[Si](C)(C)C)[C@H](O[Si](C)(C)C)[C@@H](CO[Si](C)(C)C)O[Si](C)(C)C. The molecular weight excluding hydrogens is 833 g/mol. The molecule has 1 rings (SSSR count). The molecule has 0 aromatic carbocycles. The highest BCUT2D eigenvalue weighted by Crippen LogP contribution is 2.36. The molecule has 55 heavy (non-hydrogen) atoms. The van der Waals surface area contributed by atoms with Crippen LogP contribution in [0.5, 0.6) is 0 Å². The zero-order valence-electron chi connectivity index (χ0n) is 39.7. The van der Waals surface area contributed by atoms with Gasteiger partial charge in [0.1, 0.15) is 36.6 Å². The number of ether oxygens (including phenoxy) is 2. The summed E-state index contributed by atoms with van der Waals surface area (Å²) in [6, 6.07) is 0. The van der Waals surface area contributed by atoms with E-state index < -0.39 is 116 Å². The van der Waals surface area contributed by atoms with Crippen LogP contribution in [0.1, 0.15) is 0 Å². The van der Waals surface area contributed by atoms with E-state index in [-0.39, 0.29) is 19.0 Å². The first-order valence-electron chi connectivity index (χ1n) is 20.3. The average Bonchev–Trinajstić information content (AvgIpc) is 2.89. The Morgan fingerprint density at radius 1 is 0.491 bits per heavy atom. The molecule has 0 unspecified atom stereocenters. The van der Waals surface area contributed by atoms with E-state index in [1.165, 1.54) is 0 Å². The lowest BCUT2D eigenvalue weighted by atomic mass is 9.98. The molecule has 1 aliphatic rings. The van der Waals surface area contributed by atoms with Crippen molar-refractivity contribution in [2.75, 3.05) is 19.8 Å². The number of rotatable bonds is 24. The first-order chi connectivity index (χ1) is 24.1. The van der Waals surface area contributed by atoms with Crippen LogP contribution < -0.4 is 0 Å². The molecule has 1 heterocycles. The molecule has 0 aliphatic carbocycles. The molecule has 1 aliphatic heterocycles. The van der Waals surface area contributed by atoms with E-state index in [0.717, 1.165) is 0 Å².